The number of H-pyrrole nitrogens is 2. The van der Waals surface area contributed by atoms with E-state index in [0.29, 0.717) is 0 Å². The summed E-state index contributed by atoms with van der Waals surface area (Å²) < 4.78 is 66.4. The van der Waals surface area contributed by atoms with Gasteiger partial charge in [-0.1, -0.05) is 0 Å². The Kier molecular flexibility index (Phi) is 5.68. The Morgan fingerprint density at radius 3 is 2.72 bits per heavy atom. The number of aromatic amines is 2. The molecule has 0 saturated heterocycles. The third-order valence-corrected chi connectivity index (χ3v) is 5.57. The molecule has 11 nitrogen and oxygen atoms in total. The fraction of sp³-hybridized carbons (Fsp3) is 0.333. The zero-order valence-corrected chi connectivity index (χ0v) is 18.4. The first kappa shape index (κ1) is 23.4. The molecule has 0 spiro atoms. The molecule has 0 bridgehead atoms. The van der Waals surface area contributed by atoms with Crippen molar-refractivity contribution in [2.75, 3.05) is 6.61 Å². The van der Waals surface area contributed by atoms with Gasteiger partial charge in [0, 0.05) is 31.9 Å². The van der Waals surface area contributed by atoms with Gasteiger partial charge in [0.05, 0.1) is 29.2 Å². The predicted octanol–water partition coefficient (Wildman–Crippen LogP) is 2.22. The zero-order valence-electron chi connectivity index (χ0n) is 18.4. The number of fused-ring (bicyclic) bond motifs is 1. The summed E-state index contributed by atoms with van der Waals surface area (Å²) in [4.78, 5) is 31.7. The van der Waals surface area contributed by atoms with E-state index >= 15 is 0 Å². The van der Waals surface area contributed by atoms with Crippen molar-refractivity contribution >= 4 is 11.0 Å². The summed E-state index contributed by atoms with van der Waals surface area (Å²) in [6, 6.07) is 3.92. The van der Waals surface area contributed by atoms with Crippen molar-refractivity contribution in [3.8, 4) is 22.9 Å². The Morgan fingerprint density at radius 2 is 2.03 bits per heavy atom. The number of halogens is 4. The van der Waals surface area contributed by atoms with E-state index in [-0.39, 0.29) is 52.6 Å². The number of rotatable bonds is 8. The first-order valence-electron chi connectivity index (χ1n) is 10.6. The summed E-state index contributed by atoms with van der Waals surface area (Å²) in [6.45, 7) is -0.257. The van der Waals surface area contributed by atoms with Gasteiger partial charge in [-0.2, -0.15) is 0 Å². The van der Waals surface area contributed by atoms with Crippen LogP contribution in [0.2, 0.25) is 0 Å². The van der Waals surface area contributed by atoms with Crippen LogP contribution < -0.4 is 20.7 Å². The molecule has 1 saturated carbocycles. The molecule has 0 amide bonds. The number of alkyl halides is 4. The minimum absolute atomic E-state index is 0.0167. The highest BCUT2D eigenvalue weighted by molar-refractivity contribution is 5.84. The third kappa shape index (κ3) is 4.50. The van der Waals surface area contributed by atoms with Gasteiger partial charge in [0.15, 0.2) is 5.65 Å². The molecular weight excluding hydrogens is 490 g/mol. The van der Waals surface area contributed by atoms with Crippen LogP contribution in [0.5, 0.6) is 11.6 Å². The smallest absolute Gasteiger partial charge is 0.325 e. The molecule has 15 heteroatoms. The maximum absolute atomic E-state index is 14.0. The lowest BCUT2D eigenvalue weighted by Gasteiger charge is -2.17. The highest BCUT2D eigenvalue weighted by Gasteiger charge is 2.57. The molecule has 0 aromatic carbocycles. The van der Waals surface area contributed by atoms with Gasteiger partial charge in [0.1, 0.15) is 11.4 Å². The molecule has 5 rings (SSSR count). The molecular formula is C21H17F4N7O4. The first-order chi connectivity index (χ1) is 17.1. The van der Waals surface area contributed by atoms with E-state index in [2.05, 4.69) is 30.2 Å². The van der Waals surface area contributed by atoms with Crippen molar-refractivity contribution in [3.05, 3.63) is 57.1 Å². The number of nitrogens with zero attached hydrogens (tertiary/aromatic N) is 5. The van der Waals surface area contributed by atoms with Gasteiger partial charge in [0.2, 0.25) is 12.0 Å². The maximum atomic E-state index is 14.0. The summed E-state index contributed by atoms with van der Waals surface area (Å²) in [5.74, 6) is -3.83. The van der Waals surface area contributed by atoms with Crippen molar-refractivity contribution in [2.45, 2.75) is 24.9 Å². The van der Waals surface area contributed by atoms with Gasteiger partial charge in [-0.05, 0) is 12.1 Å². The van der Waals surface area contributed by atoms with Gasteiger partial charge >= 0.3 is 5.69 Å². The standard InChI is InChI=1S/C21H17F4N7O4/c1-32-17-11(5-13(29-30-17)12-7-27-20(34)28-18(12)33)19(31-32)36-15(16(22)23)14-4-10(2-3-26-14)35-8-9-6-21(9,24)25/h2-5,7,9,15-16H,6,8H2,1H3,(H2,27,28,33,34)/t9?,15-/m1/s1. The fourth-order valence-electron chi connectivity index (χ4n) is 3.52. The summed E-state index contributed by atoms with van der Waals surface area (Å²) in [6.07, 6.45) is -2.87. The fourth-order valence-corrected chi connectivity index (χ4v) is 3.52. The lowest BCUT2D eigenvalue weighted by Crippen LogP contribution is -2.22. The Balaban J connectivity index is 1.45. The molecule has 1 aliphatic rings. The van der Waals surface area contributed by atoms with E-state index < -0.39 is 35.6 Å². The second-order valence-electron chi connectivity index (χ2n) is 8.14. The molecule has 1 unspecified atom stereocenters. The van der Waals surface area contributed by atoms with Crippen LogP contribution >= 0.6 is 0 Å². The van der Waals surface area contributed by atoms with Gasteiger partial charge in [-0.25, -0.2) is 27.0 Å². The molecule has 2 atom stereocenters. The van der Waals surface area contributed by atoms with Crippen LogP contribution in [0.1, 0.15) is 18.2 Å². The van der Waals surface area contributed by atoms with Crippen LogP contribution in [-0.2, 0) is 7.05 Å². The molecule has 1 aliphatic carbocycles. The average molecular weight is 507 g/mol. The van der Waals surface area contributed by atoms with Gasteiger partial charge in [-0.15, -0.1) is 15.3 Å². The minimum Gasteiger partial charge on any atom is -0.493 e. The largest absolute Gasteiger partial charge is 0.493 e. The predicted molar refractivity (Wildman–Crippen MR) is 115 cm³/mol. The summed E-state index contributed by atoms with van der Waals surface area (Å²) in [7, 11) is 1.49. The lowest BCUT2D eigenvalue weighted by molar-refractivity contribution is 0.00597. The SMILES string of the molecule is Cn1nc(O[C@H](c2cc(OCC3CC3(F)F)ccn2)C(F)F)c2cc(-c3c[nH]c(=O)[nH]c3=O)nnc21. The molecule has 0 radical (unpaired) electrons. The summed E-state index contributed by atoms with van der Waals surface area (Å²) in [5, 5.41) is 12.2. The van der Waals surface area contributed by atoms with E-state index in [0.717, 1.165) is 6.20 Å². The maximum Gasteiger partial charge on any atom is 0.325 e. The van der Waals surface area contributed by atoms with Gasteiger partial charge in [0.25, 0.3) is 17.9 Å². The van der Waals surface area contributed by atoms with Gasteiger partial charge < -0.3 is 14.5 Å². The Morgan fingerprint density at radius 1 is 1.25 bits per heavy atom. The summed E-state index contributed by atoms with van der Waals surface area (Å²) in [5.41, 5.74) is -1.45. The summed E-state index contributed by atoms with van der Waals surface area (Å²) >= 11 is 0. The van der Waals surface area contributed by atoms with E-state index in [1.807, 2.05) is 0 Å². The molecule has 4 aromatic heterocycles. The van der Waals surface area contributed by atoms with Crippen molar-refractivity contribution in [1.82, 2.24) is 34.9 Å². The number of nitrogens with one attached hydrogen (secondary N) is 2. The van der Waals surface area contributed by atoms with Crippen LogP contribution in [-0.4, -0.2) is 53.9 Å². The number of hydrogen-bond donors (Lipinski definition) is 2. The number of aromatic nitrogens is 7. The highest BCUT2D eigenvalue weighted by atomic mass is 19.3. The second kappa shape index (κ2) is 8.73. The van der Waals surface area contributed by atoms with Crippen LogP contribution in [0.4, 0.5) is 17.6 Å². The van der Waals surface area contributed by atoms with Crippen LogP contribution in [0.3, 0.4) is 0 Å². The van der Waals surface area contributed by atoms with E-state index in [1.165, 1.54) is 36.1 Å². The average Bonchev–Trinajstić information content (AvgIpc) is 3.33. The van der Waals surface area contributed by atoms with Crippen LogP contribution in [0.15, 0.2) is 40.2 Å². The van der Waals surface area contributed by atoms with E-state index in [4.69, 9.17) is 9.47 Å². The van der Waals surface area contributed by atoms with Crippen LogP contribution in [0, 0.1) is 5.92 Å². The quantitative estimate of drug-likeness (QED) is 0.346. The van der Waals surface area contributed by atoms with E-state index in [1.54, 1.807) is 0 Å². The highest BCUT2D eigenvalue weighted by Crippen LogP contribution is 2.48. The molecule has 2 N–H and O–H groups in total. The molecule has 188 valence electrons. The number of ether oxygens (including phenoxy) is 2. The van der Waals surface area contributed by atoms with E-state index in [9.17, 15) is 27.2 Å². The Hall–Kier alpha value is -4.30. The van der Waals surface area contributed by atoms with Crippen LogP contribution in [0.25, 0.3) is 22.3 Å². The third-order valence-electron chi connectivity index (χ3n) is 5.57. The van der Waals surface area contributed by atoms with Crippen molar-refractivity contribution in [2.24, 2.45) is 13.0 Å². The Bertz CT molecular complexity index is 1550. The van der Waals surface area contributed by atoms with Crippen molar-refractivity contribution in [3.63, 3.8) is 0 Å². The topological polar surface area (TPSA) is 141 Å². The molecule has 0 aliphatic heterocycles. The number of aryl methyl sites for hydroxylation is 1. The number of hydrogen-bond acceptors (Lipinski definition) is 8. The van der Waals surface area contributed by atoms with Crippen molar-refractivity contribution < 1.29 is 27.0 Å². The normalized spacial score (nSPS) is 17.3. The first-order valence-corrected chi connectivity index (χ1v) is 10.6. The molecule has 4 heterocycles. The molecule has 1 fully saturated rings. The second-order valence-corrected chi connectivity index (χ2v) is 8.14. The monoisotopic (exact) mass is 507 g/mol. The molecule has 4 aromatic rings. The van der Waals surface area contributed by atoms with Gasteiger partial charge in [-0.3, -0.25) is 14.8 Å². The minimum atomic E-state index is -3.05. The lowest BCUT2D eigenvalue weighted by atomic mass is 10.2. The Labute approximate surface area is 198 Å². The zero-order chi connectivity index (χ0) is 25.6. The number of pyridine rings is 1. The van der Waals surface area contributed by atoms with Crippen molar-refractivity contribution in [1.29, 1.82) is 0 Å². The molecule has 36 heavy (non-hydrogen) atoms.